The molecule has 1 unspecified atom stereocenters. The summed E-state index contributed by atoms with van der Waals surface area (Å²) in [4.78, 5) is 13.6. The molecule has 208 valence electrons. The molecule has 2 aromatic carbocycles. The number of nitrogens with zero attached hydrogens (tertiary/aromatic N) is 1. The first-order valence-electron chi connectivity index (χ1n) is 11.7. The lowest BCUT2D eigenvalue weighted by Gasteiger charge is -2.39. The predicted molar refractivity (Wildman–Crippen MR) is 127 cm³/mol. The number of carbonyl (C=O) groups is 1. The second-order valence-electron chi connectivity index (χ2n) is 9.49. The Morgan fingerprint density at radius 1 is 0.921 bits per heavy atom. The Balaban J connectivity index is 1.36. The standard InChI is InChI=1S/C24H24ClF6N3O3S/c25-17-3-1-14(2-4-17)13-34-19-5-6-20(34)11-18(10-19)33-22(35)12-32-38(36,37)21-8-15(23(26,27)28)7-16(9-21)24(29,30)31/h1-4,7-9,18-20,32H,5-6,10-13H2,(H,33,35)/t18?,19-,20+. The maximum Gasteiger partial charge on any atom is 0.416 e. The van der Waals surface area contributed by atoms with E-state index in [0.717, 1.165) is 24.9 Å². The highest BCUT2D eigenvalue weighted by molar-refractivity contribution is 7.89. The van der Waals surface area contributed by atoms with Crippen LogP contribution in [0.3, 0.4) is 0 Å². The quantitative estimate of drug-likeness (QED) is 0.452. The van der Waals surface area contributed by atoms with Crippen molar-refractivity contribution >= 4 is 27.5 Å². The third kappa shape index (κ3) is 6.80. The lowest BCUT2D eigenvalue weighted by molar-refractivity contribution is -0.143. The van der Waals surface area contributed by atoms with Crippen LogP contribution in [0.4, 0.5) is 26.3 Å². The highest BCUT2D eigenvalue weighted by Crippen LogP contribution is 2.38. The van der Waals surface area contributed by atoms with E-state index in [2.05, 4.69) is 10.2 Å². The van der Waals surface area contributed by atoms with Gasteiger partial charge in [-0.2, -0.15) is 26.3 Å². The van der Waals surface area contributed by atoms with Crippen LogP contribution in [0.5, 0.6) is 0 Å². The van der Waals surface area contributed by atoms with Gasteiger partial charge in [0.2, 0.25) is 15.9 Å². The van der Waals surface area contributed by atoms with Gasteiger partial charge in [-0.05, 0) is 61.6 Å². The van der Waals surface area contributed by atoms with Crippen LogP contribution in [0.25, 0.3) is 0 Å². The summed E-state index contributed by atoms with van der Waals surface area (Å²) in [5, 5.41) is 3.38. The summed E-state index contributed by atoms with van der Waals surface area (Å²) in [6.07, 6.45) is -7.27. The first kappa shape index (κ1) is 28.7. The van der Waals surface area contributed by atoms with E-state index in [1.807, 2.05) is 29.0 Å². The number of hydrogen-bond donors (Lipinski definition) is 2. The van der Waals surface area contributed by atoms with Crippen molar-refractivity contribution in [1.82, 2.24) is 14.9 Å². The molecule has 38 heavy (non-hydrogen) atoms. The molecule has 0 spiro atoms. The summed E-state index contributed by atoms with van der Waals surface area (Å²) in [6, 6.07) is 7.73. The maximum atomic E-state index is 13.1. The number of alkyl halides is 6. The van der Waals surface area contributed by atoms with E-state index in [0.29, 0.717) is 17.9 Å². The zero-order valence-corrected chi connectivity index (χ0v) is 21.3. The van der Waals surface area contributed by atoms with Gasteiger partial charge in [0.25, 0.3) is 0 Å². The van der Waals surface area contributed by atoms with Gasteiger partial charge >= 0.3 is 12.4 Å². The van der Waals surface area contributed by atoms with Crippen molar-refractivity contribution in [3.63, 3.8) is 0 Å². The molecule has 0 aliphatic carbocycles. The van der Waals surface area contributed by atoms with Crippen molar-refractivity contribution in [3.05, 3.63) is 64.2 Å². The first-order chi connectivity index (χ1) is 17.6. The minimum absolute atomic E-state index is 0.101. The normalized spacial score (nSPS) is 22.4. The number of amides is 1. The summed E-state index contributed by atoms with van der Waals surface area (Å²) in [5.41, 5.74) is -2.43. The molecule has 2 saturated heterocycles. The first-order valence-corrected chi connectivity index (χ1v) is 13.6. The van der Waals surface area contributed by atoms with Crippen LogP contribution in [0.2, 0.25) is 5.02 Å². The number of benzene rings is 2. The minimum atomic E-state index is -5.20. The van der Waals surface area contributed by atoms with Crippen molar-refractivity contribution in [3.8, 4) is 0 Å². The number of halogens is 7. The number of fused-ring (bicyclic) bond motifs is 2. The number of sulfonamides is 1. The van der Waals surface area contributed by atoms with Crippen LogP contribution in [-0.2, 0) is 33.7 Å². The van der Waals surface area contributed by atoms with Gasteiger partial charge in [-0.1, -0.05) is 23.7 Å². The third-order valence-corrected chi connectivity index (χ3v) is 8.45. The highest BCUT2D eigenvalue weighted by atomic mass is 35.5. The molecule has 6 nitrogen and oxygen atoms in total. The predicted octanol–water partition coefficient (Wildman–Crippen LogP) is 4.97. The number of carbonyl (C=O) groups excluding carboxylic acids is 1. The van der Waals surface area contributed by atoms with Crippen molar-refractivity contribution < 1.29 is 39.6 Å². The van der Waals surface area contributed by atoms with E-state index in [-0.39, 0.29) is 36.3 Å². The average Bonchev–Trinajstić information content (AvgIpc) is 3.05. The molecular weight excluding hydrogens is 560 g/mol. The highest BCUT2D eigenvalue weighted by Gasteiger charge is 2.41. The van der Waals surface area contributed by atoms with Crippen LogP contribution < -0.4 is 10.0 Å². The monoisotopic (exact) mass is 583 g/mol. The van der Waals surface area contributed by atoms with Crippen LogP contribution in [0, 0.1) is 0 Å². The Hall–Kier alpha value is -2.35. The molecule has 2 heterocycles. The Kier molecular flexibility index (Phi) is 8.04. The number of piperidine rings is 1. The van der Waals surface area contributed by atoms with E-state index >= 15 is 0 Å². The molecule has 2 aliphatic heterocycles. The van der Waals surface area contributed by atoms with Crippen LogP contribution in [0.1, 0.15) is 42.4 Å². The fraction of sp³-hybridized carbons (Fsp3) is 0.458. The molecule has 4 rings (SSSR count). The van der Waals surface area contributed by atoms with Crippen LogP contribution >= 0.6 is 11.6 Å². The van der Waals surface area contributed by atoms with Crippen molar-refractivity contribution in [1.29, 1.82) is 0 Å². The SMILES string of the molecule is O=C(CNS(=O)(=O)c1cc(C(F)(F)F)cc(C(F)(F)F)c1)NC1C[C@H]2CC[C@@H](C1)N2Cc1ccc(Cl)cc1. The third-order valence-electron chi connectivity index (χ3n) is 6.82. The molecule has 2 fully saturated rings. The second kappa shape index (κ2) is 10.7. The molecule has 2 N–H and O–H groups in total. The van der Waals surface area contributed by atoms with Gasteiger partial charge in [-0.25, -0.2) is 13.1 Å². The van der Waals surface area contributed by atoms with Crippen molar-refractivity contribution in [2.24, 2.45) is 0 Å². The summed E-state index contributed by atoms with van der Waals surface area (Å²) < 4.78 is 105. The van der Waals surface area contributed by atoms with Crippen LogP contribution in [-0.4, -0.2) is 43.9 Å². The molecule has 3 atom stereocenters. The summed E-state index contributed by atoms with van der Waals surface area (Å²) in [6.45, 7) is -0.107. The Morgan fingerprint density at radius 2 is 1.45 bits per heavy atom. The zero-order chi connectivity index (χ0) is 27.9. The molecule has 2 aliphatic rings. The van der Waals surface area contributed by atoms with Crippen LogP contribution in [0.15, 0.2) is 47.4 Å². The number of nitrogens with one attached hydrogen (secondary N) is 2. The summed E-state index contributed by atoms with van der Waals surface area (Å²) in [5.74, 6) is -0.729. The van der Waals surface area contributed by atoms with Gasteiger partial charge in [0.05, 0.1) is 22.6 Å². The fourth-order valence-electron chi connectivity index (χ4n) is 5.05. The summed E-state index contributed by atoms with van der Waals surface area (Å²) >= 11 is 5.94. The average molecular weight is 584 g/mol. The molecule has 2 bridgehead atoms. The van der Waals surface area contributed by atoms with Gasteiger partial charge in [0, 0.05) is 29.7 Å². The Labute approximate surface area is 220 Å². The van der Waals surface area contributed by atoms with Crippen molar-refractivity contribution in [2.45, 2.75) is 67.6 Å². The molecular formula is C24H24ClF6N3O3S. The van der Waals surface area contributed by atoms with E-state index in [9.17, 15) is 39.6 Å². The Morgan fingerprint density at radius 3 is 1.95 bits per heavy atom. The lowest BCUT2D eigenvalue weighted by Crippen LogP contribution is -2.51. The number of hydrogen-bond acceptors (Lipinski definition) is 4. The van der Waals surface area contributed by atoms with Gasteiger partial charge < -0.3 is 5.32 Å². The molecule has 14 heteroatoms. The van der Waals surface area contributed by atoms with E-state index < -0.39 is 50.9 Å². The van der Waals surface area contributed by atoms with Gasteiger partial charge in [0.1, 0.15) is 0 Å². The summed E-state index contributed by atoms with van der Waals surface area (Å²) in [7, 11) is -4.85. The van der Waals surface area contributed by atoms with Crippen molar-refractivity contribution in [2.75, 3.05) is 6.54 Å². The van der Waals surface area contributed by atoms with E-state index in [4.69, 9.17) is 11.6 Å². The van der Waals surface area contributed by atoms with Gasteiger partial charge in [-0.15, -0.1) is 0 Å². The van der Waals surface area contributed by atoms with E-state index in [1.54, 1.807) is 0 Å². The fourth-order valence-corrected chi connectivity index (χ4v) is 6.23. The van der Waals surface area contributed by atoms with Gasteiger partial charge in [-0.3, -0.25) is 9.69 Å². The zero-order valence-electron chi connectivity index (χ0n) is 19.7. The minimum Gasteiger partial charge on any atom is -0.352 e. The maximum absolute atomic E-state index is 13.1. The van der Waals surface area contributed by atoms with Gasteiger partial charge in [0.15, 0.2) is 0 Å². The smallest absolute Gasteiger partial charge is 0.352 e. The molecule has 1 amide bonds. The topological polar surface area (TPSA) is 78.5 Å². The van der Waals surface area contributed by atoms with E-state index in [1.165, 1.54) is 0 Å². The largest absolute Gasteiger partial charge is 0.416 e. The molecule has 0 radical (unpaired) electrons. The Bertz CT molecular complexity index is 1240. The number of rotatable bonds is 7. The lowest BCUT2D eigenvalue weighted by atomic mass is 9.96. The molecule has 2 aromatic rings. The molecule has 0 saturated carbocycles. The molecule has 0 aromatic heterocycles. The second-order valence-corrected chi connectivity index (χ2v) is 11.7.